The number of aliphatic hydroxyl groups is 1. The zero-order valence-corrected chi connectivity index (χ0v) is 7.48. The van der Waals surface area contributed by atoms with E-state index < -0.39 is 17.7 Å². The third-order valence-electron chi connectivity index (χ3n) is 1.99. The lowest BCUT2D eigenvalue weighted by Crippen LogP contribution is -2.13. The molecule has 0 radical (unpaired) electrons. The van der Waals surface area contributed by atoms with Gasteiger partial charge in [-0.05, 0) is 24.1 Å². The van der Waals surface area contributed by atoms with Gasteiger partial charge in [-0.2, -0.15) is 0 Å². The van der Waals surface area contributed by atoms with Crippen LogP contribution in [-0.2, 0) is 4.79 Å². The van der Waals surface area contributed by atoms with Crippen LogP contribution in [0.3, 0.4) is 0 Å². The van der Waals surface area contributed by atoms with Gasteiger partial charge in [0.15, 0.2) is 0 Å². The molecule has 3 nitrogen and oxygen atoms in total. The van der Waals surface area contributed by atoms with E-state index in [0.717, 1.165) is 0 Å². The Labute approximate surface area is 80.8 Å². The van der Waals surface area contributed by atoms with E-state index in [1.807, 2.05) is 0 Å². The number of hydrogen-bond acceptors (Lipinski definition) is 2. The van der Waals surface area contributed by atoms with Gasteiger partial charge < -0.3 is 10.2 Å². The fourth-order valence-electron chi connectivity index (χ4n) is 1.26. The summed E-state index contributed by atoms with van der Waals surface area (Å²) in [6, 6.07) is 5.26. The number of carbonyl (C=O) groups is 1. The minimum Gasteiger partial charge on any atom is -0.481 e. The van der Waals surface area contributed by atoms with Gasteiger partial charge in [0, 0.05) is 6.61 Å². The average molecular weight is 198 g/mol. The van der Waals surface area contributed by atoms with E-state index >= 15 is 0 Å². The molecule has 0 amide bonds. The lowest BCUT2D eigenvalue weighted by atomic mass is 9.96. The Hall–Kier alpha value is -1.42. The topological polar surface area (TPSA) is 57.5 Å². The summed E-state index contributed by atoms with van der Waals surface area (Å²) >= 11 is 0. The molecular weight excluding hydrogens is 187 g/mol. The van der Waals surface area contributed by atoms with Crippen LogP contribution in [0.5, 0.6) is 0 Å². The molecule has 14 heavy (non-hydrogen) atoms. The predicted octanol–water partition coefficient (Wildman–Crippen LogP) is 1.38. The van der Waals surface area contributed by atoms with Crippen molar-refractivity contribution in [1.82, 2.24) is 0 Å². The van der Waals surface area contributed by atoms with Gasteiger partial charge in [0.2, 0.25) is 0 Å². The molecule has 0 fully saturated rings. The largest absolute Gasteiger partial charge is 0.481 e. The molecule has 2 N–H and O–H groups in total. The molecule has 0 aliphatic carbocycles. The van der Waals surface area contributed by atoms with Gasteiger partial charge in [-0.1, -0.05) is 12.1 Å². The van der Waals surface area contributed by atoms with E-state index in [1.54, 1.807) is 0 Å². The van der Waals surface area contributed by atoms with Gasteiger partial charge in [-0.3, -0.25) is 4.79 Å². The van der Waals surface area contributed by atoms with E-state index in [-0.39, 0.29) is 13.0 Å². The van der Waals surface area contributed by atoms with Crippen LogP contribution in [-0.4, -0.2) is 22.8 Å². The maximum atomic E-state index is 12.5. The highest BCUT2D eigenvalue weighted by Crippen LogP contribution is 2.19. The number of hydrogen-bond donors (Lipinski definition) is 2. The smallest absolute Gasteiger partial charge is 0.311 e. The molecular formula is C10H11FO3. The van der Waals surface area contributed by atoms with E-state index in [9.17, 15) is 9.18 Å². The summed E-state index contributed by atoms with van der Waals surface area (Å²) in [4.78, 5) is 10.8. The van der Waals surface area contributed by atoms with Crippen LogP contribution < -0.4 is 0 Å². The van der Waals surface area contributed by atoms with Crippen molar-refractivity contribution in [3.8, 4) is 0 Å². The molecule has 1 rings (SSSR count). The molecule has 0 bridgehead atoms. The maximum Gasteiger partial charge on any atom is 0.311 e. The molecule has 76 valence electrons. The predicted molar refractivity (Wildman–Crippen MR) is 48.5 cm³/mol. The van der Waals surface area contributed by atoms with Crippen LogP contribution in [0.1, 0.15) is 17.9 Å². The van der Waals surface area contributed by atoms with Crippen LogP contribution in [0.4, 0.5) is 4.39 Å². The Morgan fingerprint density at radius 3 is 2.36 bits per heavy atom. The van der Waals surface area contributed by atoms with Crippen molar-refractivity contribution in [3.05, 3.63) is 35.6 Å². The van der Waals surface area contributed by atoms with Crippen molar-refractivity contribution >= 4 is 5.97 Å². The van der Waals surface area contributed by atoms with Crippen LogP contribution in [0.15, 0.2) is 24.3 Å². The fraction of sp³-hybridized carbons (Fsp3) is 0.300. The Balaban J connectivity index is 2.87. The first-order chi connectivity index (χ1) is 6.65. The molecule has 0 heterocycles. The second kappa shape index (κ2) is 4.72. The Morgan fingerprint density at radius 1 is 1.36 bits per heavy atom. The Kier molecular flexibility index (Phi) is 3.59. The van der Waals surface area contributed by atoms with E-state index in [2.05, 4.69) is 0 Å². The summed E-state index contributed by atoms with van der Waals surface area (Å²) in [5.74, 6) is -2.17. The second-order valence-corrected chi connectivity index (χ2v) is 2.95. The average Bonchev–Trinajstić information content (AvgIpc) is 2.15. The summed E-state index contributed by atoms with van der Waals surface area (Å²) in [5.41, 5.74) is 0.507. The molecule has 0 saturated carbocycles. The van der Waals surface area contributed by atoms with Crippen molar-refractivity contribution in [2.24, 2.45) is 0 Å². The number of halogens is 1. The van der Waals surface area contributed by atoms with E-state index in [4.69, 9.17) is 10.2 Å². The van der Waals surface area contributed by atoms with Gasteiger partial charge in [0.05, 0.1) is 5.92 Å². The van der Waals surface area contributed by atoms with E-state index in [0.29, 0.717) is 5.56 Å². The van der Waals surface area contributed by atoms with Crippen LogP contribution in [0, 0.1) is 5.82 Å². The maximum absolute atomic E-state index is 12.5. The van der Waals surface area contributed by atoms with Gasteiger partial charge in [-0.15, -0.1) is 0 Å². The minimum absolute atomic E-state index is 0.140. The van der Waals surface area contributed by atoms with Crippen LogP contribution in [0.25, 0.3) is 0 Å². The second-order valence-electron chi connectivity index (χ2n) is 2.95. The van der Waals surface area contributed by atoms with Crippen LogP contribution in [0.2, 0.25) is 0 Å². The fourth-order valence-corrected chi connectivity index (χ4v) is 1.26. The zero-order chi connectivity index (χ0) is 10.6. The normalized spacial score (nSPS) is 12.4. The summed E-state index contributed by atoms with van der Waals surface area (Å²) < 4.78 is 12.5. The molecule has 0 aromatic heterocycles. The molecule has 0 saturated heterocycles. The molecule has 4 heteroatoms. The molecule has 1 atom stereocenters. The first kappa shape index (κ1) is 10.7. The number of rotatable bonds is 4. The van der Waals surface area contributed by atoms with Crippen molar-refractivity contribution in [2.75, 3.05) is 6.61 Å². The first-order valence-electron chi connectivity index (χ1n) is 4.24. The Morgan fingerprint density at radius 2 is 1.93 bits per heavy atom. The Bertz CT molecular complexity index is 308. The van der Waals surface area contributed by atoms with Gasteiger partial charge in [0.25, 0.3) is 0 Å². The summed E-state index contributed by atoms with van der Waals surface area (Å²) in [6.07, 6.45) is 0.140. The molecule has 1 aromatic rings. The summed E-state index contributed by atoms with van der Waals surface area (Å²) in [6.45, 7) is -0.200. The number of carboxylic acid groups (broad SMARTS) is 1. The van der Waals surface area contributed by atoms with Gasteiger partial charge >= 0.3 is 5.97 Å². The van der Waals surface area contributed by atoms with Crippen LogP contribution >= 0.6 is 0 Å². The first-order valence-corrected chi connectivity index (χ1v) is 4.24. The van der Waals surface area contributed by atoms with Crippen molar-refractivity contribution in [1.29, 1.82) is 0 Å². The molecule has 0 unspecified atom stereocenters. The highest BCUT2D eigenvalue weighted by atomic mass is 19.1. The third-order valence-corrected chi connectivity index (χ3v) is 1.99. The zero-order valence-electron chi connectivity index (χ0n) is 7.48. The molecule has 0 aliphatic heterocycles. The molecule has 1 aromatic carbocycles. The SMILES string of the molecule is O=C(O)[C@@H](CCO)c1ccc(F)cc1. The van der Waals surface area contributed by atoms with Crippen molar-refractivity contribution in [2.45, 2.75) is 12.3 Å². The highest BCUT2D eigenvalue weighted by Gasteiger charge is 2.18. The number of carboxylic acids is 1. The highest BCUT2D eigenvalue weighted by molar-refractivity contribution is 5.75. The quantitative estimate of drug-likeness (QED) is 0.768. The lowest BCUT2D eigenvalue weighted by Gasteiger charge is -2.10. The van der Waals surface area contributed by atoms with E-state index in [1.165, 1.54) is 24.3 Å². The molecule has 0 spiro atoms. The third kappa shape index (κ3) is 2.53. The summed E-state index contributed by atoms with van der Waals surface area (Å²) in [7, 11) is 0. The lowest BCUT2D eigenvalue weighted by molar-refractivity contribution is -0.139. The van der Waals surface area contributed by atoms with Crippen molar-refractivity contribution < 1.29 is 19.4 Å². The minimum atomic E-state index is -1.01. The summed E-state index contributed by atoms with van der Waals surface area (Å²) in [5, 5.41) is 17.5. The monoisotopic (exact) mass is 198 g/mol. The molecule has 0 aliphatic rings. The number of benzene rings is 1. The van der Waals surface area contributed by atoms with Gasteiger partial charge in [-0.25, -0.2) is 4.39 Å². The number of aliphatic carboxylic acids is 1. The number of aliphatic hydroxyl groups excluding tert-OH is 1. The standard InChI is InChI=1S/C10H11FO3/c11-8-3-1-7(2-4-8)9(5-6-12)10(13)14/h1-4,9,12H,5-6H2,(H,13,14)/t9-/m0/s1. The van der Waals surface area contributed by atoms with Crippen molar-refractivity contribution in [3.63, 3.8) is 0 Å². The van der Waals surface area contributed by atoms with Gasteiger partial charge in [0.1, 0.15) is 5.82 Å².